The van der Waals surface area contributed by atoms with Crippen molar-refractivity contribution in [3.63, 3.8) is 0 Å². The fourth-order valence-electron chi connectivity index (χ4n) is 3.65. The van der Waals surface area contributed by atoms with E-state index in [-0.39, 0.29) is 11.7 Å². The van der Waals surface area contributed by atoms with Crippen molar-refractivity contribution < 1.29 is 18.0 Å². The fraction of sp³-hybridized carbons (Fsp3) is 0.190. The van der Waals surface area contributed by atoms with Crippen molar-refractivity contribution in [3.05, 3.63) is 77.0 Å². The quantitative estimate of drug-likeness (QED) is 0.597. The summed E-state index contributed by atoms with van der Waals surface area (Å²) in [7, 11) is 0. The SMILES string of the molecule is CC1CC(=O)C=C(c2ccc(C(F)(F)F)cc2)c2[nH]c3ccccc3c21. The first-order chi connectivity index (χ1) is 12.3. The Hall–Kier alpha value is -2.82. The lowest BCUT2D eigenvalue weighted by molar-refractivity contribution is -0.137. The second-order valence-corrected chi connectivity index (χ2v) is 6.66. The summed E-state index contributed by atoms with van der Waals surface area (Å²) in [4.78, 5) is 15.7. The Morgan fingerprint density at radius 3 is 2.42 bits per heavy atom. The molecule has 26 heavy (non-hydrogen) atoms. The van der Waals surface area contributed by atoms with Crippen molar-refractivity contribution in [3.8, 4) is 0 Å². The summed E-state index contributed by atoms with van der Waals surface area (Å²) in [5.74, 6) is -0.00192. The number of ketones is 1. The number of fused-ring (bicyclic) bond motifs is 3. The molecule has 5 heteroatoms. The normalized spacial score (nSPS) is 17.8. The number of H-pyrrole nitrogens is 1. The zero-order valence-corrected chi connectivity index (χ0v) is 14.0. The van der Waals surface area contributed by atoms with Crippen molar-refractivity contribution in [2.45, 2.75) is 25.4 Å². The van der Waals surface area contributed by atoms with Crippen molar-refractivity contribution >= 4 is 22.3 Å². The number of halogens is 3. The van der Waals surface area contributed by atoms with Crippen LogP contribution in [0, 0.1) is 0 Å². The van der Waals surface area contributed by atoms with Gasteiger partial charge in [-0.05, 0) is 41.3 Å². The van der Waals surface area contributed by atoms with Crippen molar-refractivity contribution in [1.82, 2.24) is 4.98 Å². The molecule has 0 radical (unpaired) electrons. The maximum absolute atomic E-state index is 12.8. The molecule has 0 amide bonds. The van der Waals surface area contributed by atoms with Crippen LogP contribution in [0.5, 0.6) is 0 Å². The molecule has 0 saturated carbocycles. The largest absolute Gasteiger partial charge is 0.416 e. The summed E-state index contributed by atoms with van der Waals surface area (Å²) in [6.45, 7) is 2.00. The first-order valence-electron chi connectivity index (χ1n) is 8.37. The number of alkyl halides is 3. The van der Waals surface area contributed by atoms with E-state index in [0.29, 0.717) is 17.6 Å². The smallest absolute Gasteiger partial charge is 0.354 e. The Balaban J connectivity index is 1.91. The predicted octanol–water partition coefficient (Wildman–Crippen LogP) is 5.69. The highest BCUT2D eigenvalue weighted by Gasteiger charge is 2.31. The van der Waals surface area contributed by atoms with Crippen LogP contribution in [0.25, 0.3) is 16.5 Å². The van der Waals surface area contributed by atoms with Crippen LogP contribution in [0.15, 0.2) is 54.6 Å². The molecule has 132 valence electrons. The standard InChI is InChI=1S/C21H16F3NO/c1-12-10-15(26)11-17(13-6-8-14(9-7-13)21(22,23)24)20-19(12)16-4-2-3-5-18(16)25-20/h2-9,11-12,25H,10H2,1H3. The van der Waals surface area contributed by atoms with Crippen LogP contribution in [0.2, 0.25) is 0 Å². The number of carbonyl (C=O) groups excluding carboxylic acids is 1. The zero-order chi connectivity index (χ0) is 18.5. The van der Waals surface area contributed by atoms with Crippen molar-refractivity contribution in [2.75, 3.05) is 0 Å². The summed E-state index contributed by atoms with van der Waals surface area (Å²) in [6, 6.07) is 12.8. The molecule has 0 aliphatic heterocycles. The van der Waals surface area contributed by atoms with Gasteiger partial charge >= 0.3 is 6.18 Å². The highest BCUT2D eigenvalue weighted by Crippen LogP contribution is 2.40. The van der Waals surface area contributed by atoms with Gasteiger partial charge in [0.2, 0.25) is 0 Å². The van der Waals surface area contributed by atoms with E-state index in [9.17, 15) is 18.0 Å². The molecule has 1 atom stereocenters. The molecule has 0 bridgehead atoms. The summed E-state index contributed by atoms with van der Waals surface area (Å²) >= 11 is 0. The fourth-order valence-corrected chi connectivity index (χ4v) is 3.65. The molecule has 1 aliphatic rings. The number of carbonyl (C=O) groups is 1. The Morgan fingerprint density at radius 2 is 1.73 bits per heavy atom. The highest BCUT2D eigenvalue weighted by atomic mass is 19.4. The van der Waals surface area contributed by atoms with Gasteiger partial charge in [-0.1, -0.05) is 37.3 Å². The van der Waals surface area contributed by atoms with Crippen LogP contribution < -0.4 is 0 Å². The molecule has 2 aromatic carbocycles. The van der Waals surface area contributed by atoms with Gasteiger partial charge in [0.25, 0.3) is 0 Å². The number of hydrogen-bond donors (Lipinski definition) is 1. The van der Waals surface area contributed by atoms with Crippen LogP contribution in [0.3, 0.4) is 0 Å². The van der Waals surface area contributed by atoms with Crippen LogP contribution in [0.4, 0.5) is 13.2 Å². The minimum absolute atomic E-state index is 0.0249. The van der Waals surface area contributed by atoms with E-state index in [1.165, 1.54) is 12.1 Å². The van der Waals surface area contributed by atoms with Gasteiger partial charge in [0.15, 0.2) is 5.78 Å². The van der Waals surface area contributed by atoms with Gasteiger partial charge in [-0.3, -0.25) is 4.79 Å². The molecule has 1 aromatic heterocycles. The monoisotopic (exact) mass is 355 g/mol. The van der Waals surface area contributed by atoms with E-state index < -0.39 is 11.7 Å². The third-order valence-corrected chi connectivity index (χ3v) is 4.84. The molecule has 0 spiro atoms. The second kappa shape index (κ2) is 5.87. The molecular formula is C21H16F3NO. The number of nitrogens with one attached hydrogen (secondary N) is 1. The summed E-state index contributed by atoms with van der Waals surface area (Å²) in [6.07, 6.45) is -2.47. The molecule has 1 unspecified atom stereocenters. The number of rotatable bonds is 1. The van der Waals surface area contributed by atoms with Gasteiger partial charge in [0.1, 0.15) is 0 Å². The zero-order valence-electron chi connectivity index (χ0n) is 14.0. The third-order valence-electron chi connectivity index (χ3n) is 4.84. The topological polar surface area (TPSA) is 32.9 Å². The number of aromatic nitrogens is 1. The maximum atomic E-state index is 12.8. The van der Waals surface area contributed by atoms with Gasteiger partial charge in [-0.15, -0.1) is 0 Å². The van der Waals surface area contributed by atoms with Crippen molar-refractivity contribution in [2.24, 2.45) is 0 Å². The average Bonchev–Trinajstić information content (AvgIpc) is 2.92. The summed E-state index contributed by atoms with van der Waals surface area (Å²) in [5, 5.41) is 1.04. The number of allylic oxidation sites excluding steroid dienone is 1. The Bertz CT molecular complexity index is 1030. The Labute approximate surface area is 148 Å². The number of para-hydroxylation sites is 1. The molecule has 1 aliphatic carbocycles. The van der Waals surface area contributed by atoms with E-state index in [1.807, 2.05) is 31.2 Å². The molecule has 1 heterocycles. The van der Waals surface area contributed by atoms with Gasteiger partial charge in [0.05, 0.1) is 11.3 Å². The lowest BCUT2D eigenvalue weighted by Crippen LogP contribution is -2.04. The highest BCUT2D eigenvalue weighted by molar-refractivity contribution is 6.05. The van der Waals surface area contributed by atoms with E-state index in [2.05, 4.69) is 4.98 Å². The van der Waals surface area contributed by atoms with Gasteiger partial charge in [0, 0.05) is 22.9 Å². The molecule has 4 rings (SSSR count). The van der Waals surface area contributed by atoms with Crippen LogP contribution in [-0.4, -0.2) is 10.8 Å². The molecule has 1 N–H and O–H groups in total. The molecule has 0 saturated heterocycles. The first-order valence-corrected chi connectivity index (χ1v) is 8.37. The summed E-state index contributed by atoms with van der Waals surface area (Å²) < 4.78 is 38.5. The summed E-state index contributed by atoms with van der Waals surface area (Å²) in [5.41, 5.74) is 3.33. The molecule has 2 nitrogen and oxygen atoms in total. The van der Waals surface area contributed by atoms with E-state index >= 15 is 0 Å². The van der Waals surface area contributed by atoms with E-state index in [1.54, 1.807) is 6.08 Å². The van der Waals surface area contributed by atoms with Gasteiger partial charge in [-0.2, -0.15) is 13.2 Å². The van der Waals surface area contributed by atoms with Crippen LogP contribution in [0.1, 0.15) is 41.6 Å². The van der Waals surface area contributed by atoms with Gasteiger partial charge < -0.3 is 4.98 Å². The Kier molecular flexibility index (Phi) is 3.75. The molecular weight excluding hydrogens is 339 g/mol. The Morgan fingerprint density at radius 1 is 1.04 bits per heavy atom. The lowest BCUT2D eigenvalue weighted by atomic mass is 9.93. The van der Waals surface area contributed by atoms with Crippen LogP contribution in [-0.2, 0) is 11.0 Å². The van der Waals surface area contributed by atoms with Crippen LogP contribution >= 0.6 is 0 Å². The lowest BCUT2D eigenvalue weighted by Gasteiger charge is -2.12. The minimum Gasteiger partial charge on any atom is -0.354 e. The van der Waals surface area contributed by atoms with Crippen molar-refractivity contribution in [1.29, 1.82) is 0 Å². The maximum Gasteiger partial charge on any atom is 0.416 e. The average molecular weight is 355 g/mol. The number of hydrogen-bond acceptors (Lipinski definition) is 1. The predicted molar refractivity (Wildman–Crippen MR) is 94.9 cm³/mol. The number of benzene rings is 2. The molecule has 3 aromatic rings. The minimum atomic E-state index is -4.38. The van der Waals surface area contributed by atoms with E-state index in [4.69, 9.17) is 0 Å². The first kappa shape index (κ1) is 16.6. The third kappa shape index (κ3) is 2.73. The van der Waals surface area contributed by atoms with E-state index in [0.717, 1.165) is 34.3 Å². The van der Waals surface area contributed by atoms with Gasteiger partial charge in [-0.25, -0.2) is 0 Å². The second-order valence-electron chi connectivity index (χ2n) is 6.66. The number of aromatic amines is 1. The molecule has 0 fully saturated rings.